The standard InChI is InChI=1S/C12H17N3O2/c1-17-9-6-7-15(8-9)12(16)10-4-2-3-5-11(10)14-13/h2-5,9,14H,6-8,13H2,1H3. The molecule has 1 aromatic carbocycles. The van der Waals surface area contributed by atoms with Crippen LogP contribution in [0.2, 0.25) is 0 Å². The summed E-state index contributed by atoms with van der Waals surface area (Å²) in [5.74, 6) is 5.39. The summed E-state index contributed by atoms with van der Waals surface area (Å²) in [5, 5.41) is 0. The second kappa shape index (κ2) is 5.16. The van der Waals surface area contributed by atoms with Gasteiger partial charge in [0, 0.05) is 20.2 Å². The van der Waals surface area contributed by atoms with Crippen LogP contribution in [0.1, 0.15) is 16.8 Å². The fraction of sp³-hybridized carbons (Fsp3) is 0.417. The van der Waals surface area contributed by atoms with Gasteiger partial charge in [0.05, 0.1) is 17.4 Å². The van der Waals surface area contributed by atoms with Gasteiger partial charge in [-0.1, -0.05) is 12.1 Å². The van der Waals surface area contributed by atoms with E-state index < -0.39 is 0 Å². The summed E-state index contributed by atoms with van der Waals surface area (Å²) in [6.07, 6.45) is 1.04. The van der Waals surface area contributed by atoms with E-state index in [9.17, 15) is 4.79 Å². The molecular formula is C12H17N3O2. The van der Waals surface area contributed by atoms with E-state index >= 15 is 0 Å². The van der Waals surface area contributed by atoms with Gasteiger partial charge < -0.3 is 15.1 Å². The SMILES string of the molecule is COC1CCN(C(=O)c2ccccc2NN)C1. The molecule has 0 saturated carbocycles. The molecule has 1 fully saturated rings. The van der Waals surface area contributed by atoms with Crippen molar-refractivity contribution in [2.45, 2.75) is 12.5 Å². The molecule has 0 spiro atoms. The van der Waals surface area contributed by atoms with Crippen LogP contribution in [-0.2, 0) is 4.74 Å². The molecule has 2 rings (SSSR count). The molecule has 1 aliphatic heterocycles. The Morgan fingerprint density at radius 3 is 2.94 bits per heavy atom. The second-order valence-electron chi connectivity index (χ2n) is 4.09. The number of anilines is 1. The van der Waals surface area contributed by atoms with Gasteiger partial charge in [-0.25, -0.2) is 0 Å². The van der Waals surface area contributed by atoms with Crippen LogP contribution in [0.4, 0.5) is 5.69 Å². The van der Waals surface area contributed by atoms with Gasteiger partial charge in [-0.15, -0.1) is 0 Å². The topological polar surface area (TPSA) is 67.6 Å². The van der Waals surface area contributed by atoms with Crippen molar-refractivity contribution < 1.29 is 9.53 Å². The van der Waals surface area contributed by atoms with Crippen molar-refractivity contribution in [1.29, 1.82) is 0 Å². The van der Waals surface area contributed by atoms with Gasteiger partial charge >= 0.3 is 0 Å². The lowest BCUT2D eigenvalue weighted by Gasteiger charge is -2.18. The molecule has 1 amide bonds. The molecule has 0 aromatic heterocycles. The average molecular weight is 235 g/mol. The first-order valence-electron chi connectivity index (χ1n) is 5.64. The number of nitrogens with two attached hydrogens (primary N) is 1. The van der Waals surface area contributed by atoms with E-state index in [1.54, 1.807) is 24.1 Å². The number of methoxy groups -OCH3 is 1. The van der Waals surface area contributed by atoms with Gasteiger partial charge in [-0.05, 0) is 18.6 Å². The van der Waals surface area contributed by atoms with Gasteiger partial charge in [0.15, 0.2) is 0 Å². The fourth-order valence-electron chi connectivity index (χ4n) is 2.07. The van der Waals surface area contributed by atoms with Crippen molar-refractivity contribution in [3.05, 3.63) is 29.8 Å². The van der Waals surface area contributed by atoms with Crippen LogP contribution in [0.5, 0.6) is 0 Å². The first-order chi connectivity index (χ1) is 8.26. The van der Waals surface area contributed by atoms with Gasteiger partial charge in [-0.2, -0.15) is 0 Å². The molecule has 1 unspecified atom stereocenters. The predicted molar refractivity (Wildman–Crippen MR) is 65.6 cm³/mol. The lowest BCUT2D eigenvalue weighted by molar-refractivity contribution is 0.0725. The van der Waals surface area contributed by atoms with Crippen molar-refractivity contribution in [3.8, 4) is 0 Å². The Morgan fingerprint density at radius 2 is 2.29 bits per heavy atom. The van der Waals surface area contributed by atoms with E-state index in [1.807, 2.05) is 12.1 Å². The minimum atomic E-state index is -0.00176. The first-order valence-corrected chi connectivity index (χ1v) is 5.64. The molecule has 5 nitrogen and oxygen atoms in total. The molecule has 92 valence electrons. The molecule has 17 heavy (non-hydrogen) atoms. The summed E-state index contributed by atoms with van der Waals surface area (Å²) in [5.41, 5.74) is 3.80. The summed E-state index contributed by atoms with van der Waals surface area (Å²) in [6.45, 7) is 1.38. The Kier molecular flexibility index (Phi) is 3.61. The number of carbonyl (C=O) groups is 1. The van der Waals surface area contributed by atoms with Gasteiger partial charge in [-0.3, -0.25) is 10.6 Å². The zero-order chi connectivity index (χ0) is 12.3. The zero-order valence-corrected chi connectivity index (χ0v) is 9.85. The lowest BCUT2D eigenvalue weighted by atomic mass is 10.1. The summed E-state index contributed by atoms with van der Waals surface area (Å²) in [7, 11) is 1.67. The second-order valence-corrected chi connectivity index (χ2v) is 4.09. The van der Waals surface area contributed by atoms with Crippen LogP contribution >= 0.6 is 0 Å². The van der Waals surface area contributed by atoms with E-state index in [2.05, 4.69) is 5.43 Å². The third kappa shape index (κ3) is 2.40. The van der Waals surface area contributed by atoms with Crippen molar-refractivity contribution >= 4 is 11.6 Å². The number of rotatable bonds is 3. The number of nitrogen functional groups attached to an aromatic ring is 1. The number of ether oxygens (including phenoxy) is 1. The van der Waals surface area contributed by atoms with Crippen LogP contribution < -0.4 is 11.3 Å². The Balaban J connectivity index is 2.15. The van der Waals surface area contributed by atoms with Crippen molar-refractivity contribution in [3.63, 3.8) is 0 Å². The number of amides is 1. The van der Waals surface area contributed by atoms with E-state index in [0.717, 1.165) is 13.0 Å². The number of hydrazine groups is 1. The lowest BCUT2D eigenvalue weighted by Crippen LogP contribution is -2.30. The maximum atomic E-state index is 12.3. The molecule has 1 atom stereocenters. The number of benzene rings is 1. The summed E-state index contributed by atoms with van der Waals surface area (Å²) in [4.78, 5) is 14.1. The molecule has 1 aliphatic rings. The molecule has 3 N–H and O–H groups in total. The third-order valence-corrected chi connectivity index (χ3v) is 3.08. The third-order valence-electron chi connectivity index (χ3n) is 3.08. The molecule has 5 heteroatoms. The van der Waals surface area contributed by atoms with Crippen LogP contribution in [-0.4, -0.2) is 37.1 Å². The highest BCUT2D eigenvalue weighted by molar-refractivity contribution is 5.99. The van der Waals surface area contributed by atoms with E-state index in [1.165, 1.54) is 0 Å². The molecule has 1 aromatic rings. The molecule has 1 saturated heterocycles. The maximum Gasteiger partial charge on any atom is 0.256 e. The van der Waals surface area contributed by atoms with Crippen molar-refractivity contribution in [2.24, 2.45) is 5.84 Å². The Morgan fingerprint density at radius 1 is 1.53 bits per heavy atom. The highest BCUT2D eigenvalue weighted by atomic mass is 16.5. The minimum absolute atomic E-state index is 0.00176. The van der Waals surface area contributed by atoms with Gasteiger partial charge in [0.25, 0.3) is 5.91 Å². The molecule has 1 heterocycles. The van der Waals surface area contributed by atoms with Gasteiger partial charge in [0.1, 0.15) is 0 Å². The van der Waals surface area contributed by atoms with Crippen LogP contribution in [0.25, 0.3) is 0 Å². The van der Waals surface area contributed by atoms with Gasteiger partial charge in [0.2, 0.25) is 0 Å². The maximum absolute atomic E-state index is 12.3. The molecule has 0 aliphatic carbocycles. The quantitative estimate of drug-likeness (QED) is 0.601. The number of nitrogens with zero attached hydrogens (tertiary/aromatic N) is 1. The molecule has 0 bridgehead atoms. The number of hydrogen-bond donors (Lipinski definition) is 2. The average Bonchev–Trinajstić information content (AvgIpc) is 2.86. The Labute approximate surface area is 101 Å². The molecule has 0 radical (unpaired) electrons. The smallest absolute Gasteiger partial charge is 0.256 e. The highest BCUT2D eigenvalue weighted by Crippen LogP contribution is 2.20. The first kappa shape index (κ1) is 11.9. The monoisotopic (exact) mass is 235 g/mol. The van der Waals surface area contributed by atoms with E-state index in [-0.39, 0.29) is 12.0 Å². The summed E-state index contributed by atoms with van der Waals surface area (Å²) < 4.78 is 5.25. The van der Waals surface area contributed by atoms with Crippen LogP contribution in [0, 0.1) is 0 Å². The van der Waals surface area contributed by atoms with Crippen LogP contribution in [0.3, 0.4) is 0 Å². The number of likely N-dealkylation sites (tertiary alicyclic amines) is 1. The normalized spacial score (nSPS) is 19.4. The van der Waals surface area contributed by atoms with Crippen molar-refractivity contribution in [1.82, 2.24) is 4.90 Å². The number of hydrogen-bond acceptors (Lipinski definition) is 4. The molecular weight excluding hydrogens is 218 g/mol. The summed E-state index contributed by atoms with van der Waals surface area (Å²) in [6, 6.07) is 7.24. The highest BCUT2D eigenvalue weighted by Gasteiger charge is 2.27. The van der Waals surface area contributed by atoms with Crippen molar-refractivity contribution in [2.75, 3.05) is 25.6 Å². The fourth-order valence-corrected chi connectivity index (χ4v) is 2.07. The minimum Gasteiger partial charge on any atom is -0.380 e. The number of nitrogens with one attached hydrogen (secondary N) is 1. The largest absolute Gasteiger partial charge is 0.380 e. The predicted octanol–water partition coefficient (Wildman–Crippen LogP) is 0.833. The van der Waals surface area contributed by atoms with Crippen LogP contribution in [0.15, 0.2) is 24.3 Å². The number of carbonyl (C=O) groups excluding carboxylic acids is 1. The van der Waals surface area contributed by atoms with E-state index in [0.29, 0.717) is 17.8 Å². The van der Waals surface area contributed by atoms with E-state index in [4.69, 9.17) is 10.6 Å². The Hall–Kier alpha value is -1.59. The zero-order valence-electron chi connectivity index (χ0n) is 9.85. The number of para-hydroxylation sites is 1. The Bertz CT molecular complexity index is 408. The summed E-state index contributed by atoms with van der Waals surface area (Å²) >= 11 is 0.